The number of hydrogen-bond acceptors (Lipinski definition) is 4. The summed E-state index contributed by atoms with van der Waals surface area (Å²) in [6, 6.07) is 11.4. The van der Waals surface area contributed by atoms with Gasteiger partial charge in [-0.15, -0.1) is 0 Å². The number of primary amides is 1. The quantitative estimate of drug-likeness (QED) is 0.633. The summed E-state index contributed by atoms with van der Waals surface area (Å²) in [6.07, 6.45) is 2.05. The van der Waals surface area contributed by atoms with E-state index >= 15 is 4.39 Å². The lowest BCUT2D eigenvalue weighted by molar-refractivity contribution is -0.129. The van der Waals surface area contributed by atoms with Gasteiger partial charge >= 0.3 is 0 Å². The van der Waals surface area contributed by atoms with Crippen LogP contribution in [0, 0.1) is 11.6 Å². The van der Waals surface area contributed by atoms with E-state index < -0.39 is 23.0 Å². The lowest BCUT2D eigenvalue weighted by Crippen LogP contribution is -2.48. The van der Waals surface area contributed by atoms with Gasteiger partial charge in [-0.25, -0.2) is 8.78 Å². The lowest BCUT2D eigenvalue weighted by atomic mass is 9.71. The average Bonchev–Trinajstić information content (AvgIpc) is 3.16. The molecule has 1 aliphatic heterocycles. The number of amides is 1. The summed E-state index contributed by atoms with van der Waals surface area (Å²) in [7, 11) is 1.78. The standard InChI is InChI=1S/C23H23F2N3O2S/c1-14-13-23(22(26)29,9-11-30-14)16-4-3-5-20(21(16)25)31-19-7-6-15(12-17(19)24)18-8-10-27-28(18)2/h3-8,10,12,14H,9,11,13H2,1-2H3,(H2,26,29)/t14-,23+/m0/s1. The molecule has 2 atom stereocenters. The highest BCUT2D eigenvalue weighted by Gasteiger charge is 2.44. The first kappa shape index (κ1) is 21.5. The number of aryl methyl sites for hydroxylation is 1. The van der Waals surface area contributed by atoms with Crippen molar-refractivity contribution in [2.24, 2.45) is 12.8 Å². The number of nitrogens with zero attached hydrogens (tertiary/aromatic N) is 2. The van der Waals surface area contributed by atoms with Crippen LogP contribution in [-0.2, 0) is 22.0 Å². The number of halogens is 2. The molecule has 0 bridgehead atoms. The summed E-state index contributed by atoms with van der Waals surface area (Å²) in [6.45, 7) is 2.16. The Hall–Kier alpha value is -2.71. The molecule has 0 unspecified atom stereocenters. The molecule has 2 heterocycles. The Balaban J connectivity index is 1.68. The number of aromatic nitrogens is 2. The van der Waals surface area contributed by atoms with Crippen molar-refractivity contribution in [2.45, 2.75) is 41.1 Å². The highest BCUT2D eigenvalue weighted by Crippen LogP contribution is 2.42. The molecular weight excluding hydrogens is 420 g/mol. The predicted octanol–water partition coefficient (Wildman–Crippen LogP) is 4.44. The van der Waals surface area contributed by atoms with Crippen molar-refractivity contribution in [1.29, 1.82) is 0 Å². The molecule has 1 aliphatic rings. The summed E-state index contributed by atoms with van der Waals surface area (Å²) < 4.78 is 37.6. The SMILES string of the molecule is C[C@H]1C[C@@](C(N)=O)(c2cccc(Sc3ccc(-c4ccnn4C)cc3F)c2F)CCO1. The Kier molecular flexibility index (Phi) is 5.85. The van der Waals surface area contributed by atoms with Crippen LogP contribution in [0.5, 0.6) is 0 Å². The van der Waals surface area contributed by atoms with Gasteiger partial charge in [-0.05, 0) is 44.0 Å². The largest absolute Gasteiger partial charge is 0.378 e. The fraction of sp³-hybridized carbons (Fsp3) is 0.304. The van der Waals surface area contributed by atoms with Gasteiger partial charge in [-0.3, -0.25) is 9.48 Å². The Morgan fingerprint density at radius 3 is 2.71 bits per heavy atom. The first-order valence-corrected chi connectivity index (χ1v) is 10.8. The van der Waals surface area contributed by atoms with Crippen molar-refractivity contribution >= 4 is 17.7 Å². The zero-order valence-electron chi connectivity index (χ0n) is 17.3. The van der Waals surface area contributed by atoms with Crippen molar-refractivity contribution in [2.75, 3.05) is 6.61 Å². The second-order valence-electron chi connectivity index (χ2n) is 7.79. The molecule has 162 valence electrons. The summed E-state index contributed by atoms with van der Waals surface area (Å²) in [5, 5.41) is 4.10. The minimum absolute atomic E-state index is 0.214. The zero-order valence-corrected chi connectivity index (χ0v) is 18.1. The van der Waals surface area contributed by atoms with Gasteiger partial charge in [0.15, 0.2) is 0 Å². The molecule has 8 heteroatoms. The van der Waals surface area contributed by atoms with Gasteiger partial charge in [-0.2, -0.15) is 5.10 Å². The third kappa shape index (κ3) is 3.97. The molecule has 0 aliphatic carbocycles. The second-order valence-corrected chi connectivity index (χ2v) is 8.87. The maximum atomic E-state index is 15.6. The van der Waals surface area contributed by atoms with Crippen LogP contribution in [0.3, 0.4) is 0 Å². The monoisotopic (exact) mass is 443 g/mol. The van der Waals surface area contributed by atoms with E-state index in [2.05, 4.69) is 5.10 Å². The molecule has 0 spiro atoms. The molecule has 0 radical (unpaired) electrons. The van der Waals surface area contributed by atoms with Crippen molar-refractivity contribution in [3.8, 4) is 11.3 Å². The third-order valence-corrected chi connectivity index (χ3v) is 6.87. The van der Waals surface area contributed by atoms with Crippen molar-refractivity contribution in [1.82, 2.24) is 9.78 Å². The van der Waals surface area contributed by atoms with Crippen LogP contribution in [0.4, 0.5) is 8.78 Å². The van der Waals surface area contributed by atoms with E-state index in [1.54, 1.807) is 54.3 Å². The Morgan fingerprint density at radius 2 is 2.06 bits per heavy atom. The summed E-state index contributed by atoms with van der Waals surface area (Å²) in [4.78, 5) is 12.9. The van der Waals surface area contributed by atoms with Crippen LogP contribution in [0.15, 0.2) is 58.5 Å². The maximum Gasteiger partial charge on any atom is 0.228 e. The average molecular weight is 444 g/mol. The van der Waals surface area contributed by atoms with E-state index in [4.69, 9.17) is 10.5 Å². The Morgan fingerprint density at radius 1 is 1.26 bits per heavy atom. The number of nitrogens with two attached hydrogens (primary N) is 1. The third-order valence-electron chi connectivity index (χ3n) is 5.79. The number of carbonyl (C=O) groups excluding carboxylic acids is 1. The van der Waals surface area contributed by atoms with E-state index in [1.165, 1.54) is 6.07 Å². The van der Waals surface area contributed by atoms with Gasteiger partial charge < -0.3 is 10.5 Å². The van der Waals surface area contributed by atoms with Crippen molar-refractivity contribution < 1.29 is 18.3 Å². The van der Waals surface area contributed by atoms with Crippen LogP contribution in [0.2, 0.25) is 0 Å². The highest BCUT2D eigenvalue weighted by molar-refractivity contribution is 7.99. The van der Waals surface area contributed by atoms with E-state index in [-0.39, 0.29) is 21.5 Å². The van der Waals surface area contributed by atoms with Gasteiger partial charge in [0.25, 0.3) is 0 Å². The smallest absolute Gasteiger partial charge is 0.228 e. The van der Waals surface area contributed by atoms with Gasteiger partial charge in [0.1, 0.15) is 11.6 Å². The molecule has 1 amide bonds. The minimum atomic E-state index is -1.14. The molecule has 0 saturated carbocycles. The molecule has 1 fully saturated rings. The molecule has 2 aromatic carbocycles. The van der Waals surface area contributed by atoms with E-state index in [0.717, 1.165) is 17.5 Å². The van der Waals surface area contributed by atoms with Crippen LogP contribution in [0.1, 0.15) is 25.3 Å². The number of ether oxygens (including phenoxy) is 1. The lowest BCUT2D eigenvalue weighted by Gasteiger charge is -2.38. The Labute approximate surface area is 183 Å². The normalized spacial score (nSPS) is 21.2. The molecule has 2 N–H and O–H groups in total. The molecule has 5 nitrogen and oxygen atoms in total. The number of rotatable bonds is 5. The molecule has 4 rings (SSSR count). The highest BCUT2D eigenvalue weighted by atomic mass is 32.2. The fourth-order valence-corrected chi connectivity index (χ4v) is 5.04. The summed E-state index contributed by atoms with van der Waals surface area (Å²) in [5.41, 5.74) is 6.30. The topological polar surface area (TPSA) is 70.1 Å². The van der Waals surface area contributed by atoms with Crippen molar-refractivity contribution in [3.63, 3.8) is 0 Å². The van der Waals surface area contributed by atoms with Gasteiger partial charge in [0.05, 0.1) is 17.2 Å². The van der Waals surface area contributed by atoms with Crippen LogP contribution in [-0.4, -0.2) is 28.4 Å². The molecular formula is C23H23F2N3O2S. The molecule has 3 aromatic rings. The first-order valence-electron chi connectivity index (χ1n) is 9.98. The van der Waals surface area contributed by atoms with Crippen LogP contribution >= 0.6 is 11.8 Å². The fourth-order valence-electron chi connectivity index (χ4n) is 4.16. The Bertz CT molecular complexity index is 1130. The minimum Gasteiger partial charge on any atom is -0.378 e. The van der Waals surface area contributed by atoms with Crippen molar-refractivity contribution in [3.05, 3.63) is 65.9 Å². The van der Waals surface area contributed by atoms with Gasteiger partial charge in [0, 0.05) is 40.8 Å². The van der Waals surface area contributed by atoms with Crippen LogP contribution in [0.25, 0.3) is 11.3 Å². The van der Waals surface area contributed by atoms with Crippen LogP contribution < -0.4 is 5.73 Å². The van der Waals surface area contributed by atoms with Gasteiger partial charge in [0.2, 0.25) is 5.91 Å². The second kappa shape index (κ2) is 8.43. The summed E-state index contributed by atoms with van der Waals surface area (Å²) >= 11 is 0.985. The molecule has 31 heavy (non-hydrogen) atoms. The van der Waals surface area contributed by atoms with Gasteiger partial charge in [-0.1, -0.05) is 30.0 Å². The number of benzene rings is 2. The summed E-state index contributed by atoms with van der Waals surface area (Å²) in [5.74, 6) is -1.58. The number of hydrogen-bond donors (Lipinski definition) is 1. The number of carbonyl (C=O) groups is 1. The first-order chi connectivity index (χ1) is 14.8. The van der Waals surface area contributed by atoms with E-state index in [9.17, 15) is 9.18 Å². The zero-order chi connectivity index (χ0) is 22.2. The van der Waals surface area contributed by atoms with E-state index in [1.807, 2.05) is 6.92 Å². The predicted molar refractivity (Wildman–Crippen MR) is 115 cm³/mol. The molecule has 1 aromatic heterocycles. The molecule has 1 saturated heterocycles. The van der Waals surface area contributed by atoms with E-state index in [0.29, 0.717) is 25.0 Å². The maximum absolute atomic E-state index is 15.6.